The van der Waals surface area contributed by atoms with Crippen molar-refractivity contribution in [1.29, 1.82) is 0 Å². The van der Waals surface area contributed by atoms with Gasteiger partial charge in [-0.15, -0.1) is 0 Å². The minimum Gasteiger partial charge on any atom is -0.424 e. The molecule has 0 radical (unpaired) electrons. The van der Waals surface area contributed by atoms with Gasteiger partial charge in [0.05, 0.1) is 10.2 Å². The first-order valence-corrected chi connectivity index (χ1v) is 8.44. The number of H-pyrrole nitrogens is 1. The molecule has 2 aromatic heterocycles. The van der Waals surface area contributed by atoms with Gasteiger partial charge in [0.15, 0.2) is 5.69 Å². The third kappa shape index (κ3) is 4.03. The molecule has 0 bridgehead atoms. The normalized spacial score (nSPS) is 10.7. The minimum absolute atomic E-state index is 0.236. The molecule has 1 aromatic carbocycles. The molecule has 2 N–H and O–H groups in total. The second-order valence-corrected chi connectivity index (χ2v) is 6.36. The lowest BCUT2D eigenvalue weighted by atomic mass is 10.1. The Morgan fingerprint density at radius 3 is 2.48 bits per heavy atom. The Bertz CT molecular complexity index is 863. The SMILES string of the molecule is CC(C)c1[nH]nc(C(=O)Nc2ccc(Oc3ncccn3)cc2)c1Br. The molecule has 7 nitrogen and oxygen atoms in total. The van der Waals surface area contributed by atoms with Crippen molar-refractivity contribution in [2.45, 2.75) is 19.8 Å². The van der Waals surface area contributed by atoms with Crippen molar-refractivity contribution in [3.63, 3.8) is 0 Å². The van der Waals surface area contributed by atoms with E-state index in [1.165, 1.54) is 0 Å². The molecular formula is C17H16BrN5O2. The summed E-state index contributed by atoms with van der Waals surface area (Å²) in [4.78, 5) is 20.4. The zero-order chi connectivity index (χ0) is 17.8. The lowest BCUT2D eigenvalue weighted by Crippen LogP contribution is -2.13. The summed E-state index contributed by atoms with van der Waals surface area (Å²) >= 11 is 3.43. The summed E-state index contributed by atoms with van der Waals surface area (Å²) in [7, 11) is 0. The number of carbonyl (C=O) groups is 1. The Morgan fingerprint density at radius 1 is 1.20 bits per heavy atom. The number of carbonyl (C=O) groups excluding carboxylic acids is 1. The standard InChI is InChI=1S/C17H16BrN5O2/c1-10(2)14-13(18)15(23-22-14)16(24)21-11-4-6-12(7-5-11)25-17-19-8-3-9-20-17/h3-10H,1-2H3,(H,21,24)(H,22,23). The van der Waals surface area contributed by atoms with Crippen molar-refractivity contribution in [1.82, 2.24) is 20.2 Å². The summed E-state index contributed by atoms with van der Waals surface area (Å²) < 4.78 is 6.19. The van der Waals surface area contributed by atoms with Crippen LogP contribution in [0.4, 0.5) is 5.69 Å². The van der Waals surface area contributed by atoms with Gasteiger partial charge in [-0.25, -0.2) is 9.97 Å². The number of halogens is 1. The number of anilines is 1. The predicted molar refractivity (Wildman–Crippen MR) is 96.9 cm³/mol. The summed E-state index contributed by atoms with van der Waals surface area (Å²) in [6, 6.07) is 8.90. The molecule has 0 atom stereocenters. The van der Waals surface area contributed by atoms with Crippen molar-refractivity contribution in [3.8, 4) is 11.8 Å². The van der Waals surface area contributed by atoms with Crippen molar-refractivity contribution in [3.05, 3.63) is 58.6 Å². The van der Waals surface area contributed by atoms with Gasteiger partial charge in [-0.3, -0.25) is 9.89 Å². The van der Waals surface area contributed by atoms with Crippen LogP contribution in [0.25, 0.3) is 0 Å². The molecule has 0 spiro atoms. The van der Waals surface area contributed by atoms with Crippen LogP contribution in [-0.2, 0) is 0 Å². The fourth-order valence-electron chi connectivity index (χ4n) is 2.11. The molecule has 0 saturated carbocycles. The summed E-state index contributed by atoms with van der Waals surface area (Å²) in [5, 5.41) is 9.77. The molecule has 0 aliphatic carbocycles. The molecular weight excluding hydrogens is 386 g/mol. The highest BCUT2D eigenvalue weighted by Crippen LogP contribution is 2.26. The van der Waals surface area contributed by atoms with Gasteiger partial charge < -0.3 is 10.1 Å². The van der Waals surface area contributed by atoms with Crippen LogP contribution in [0.2, 0.25) is 0 Å². The van der Waals surface area contributed by atoms with Gasteiger partial charge in [0, 0.05) is 18.1 Å². The summed E-state index contributed by atoms with van der Waals surface area (Å²) in [5.74, 6) is 0.516. The molecule has 128 valence electrons. The topological polar surface area (TPSA) is 92.8 Å². The number of nitrogens with zero attached hydrogens (tertiary/aromatic N) is 3. The van der Waals surface area contributed by atoms with E-state index in [1.54, 1.807) is 42.7 Å². The number of rotatable bonds is 5. The molecule has 0 unspecified atom stereocenters. The van der Waals surface area contributed by atoms with Gasteiger partial charge in [0.1, 0.15) is 5.75 Å². The molecule has 25 heavy (non-hydrogen) atoms. The molecule has 8 heteroatoms. The van der Waals surface area contributed by atoms with Crippen molar-refractivity contribution >= 4 is 27.5 Å². The predicted octanol–water partition coefficient (Wildman–Crippen LogP) is 4.13. The van der Waals surface area contributed by atoms with Crippen LogP contribution in [-0.4, -0.2) is 26.1 Å². The van der Waals surface area contributed by atoms with E-state index in [0.717, 1.165) is 5.69 Å². The Morgan fingerprint density at radius 2 is 1.88 bits per heavy atom. The molecule has 0 fully saturated rings. The van der Waals surface area contributed by atoms with Crippen molar-refractivity contribution in [2.24, 2.45) is 0 Å². The molecule has 3 rings (SSSR count). The highest BCUT2D eigenvalue weighted by molar-refractivity contribution is 9.10. The second-order valence-electron chi connectivity index (χ2n) is 5.57. The van der Waals surface area contributed by atoms with Gasteiger partial charge in [-0.2, -0.15) is 5.10 Å². The van der Waals surface area contributed by atoms with E-state index in [9.17, 15) is 4.79 Å². The fourth-order valence-corrected chi connectivity index (χ4v) is 2.93. The average Bonchev–Trinajstić information content (AvgIpc) is 2.99. The Balaban J connectivity index is 1.68. The highest BCUT2D eigenvalue weighted by Gasteiger charge is 2.19. The van der Waals surface area contributed by atoms with Gasteiger partial charge in [0.25, 0.3) is 5.91 Å². The Labute approximate surface area is 153 Å². The molecule has 2 heterocycles. The van der Waals surface area contributed by atoms with Crippen LogP contribution in [0, 0.1) is 0 Å². The minimum atomic E-state index is -0.296. The maximum absolute atomic E-state index is 12.4. The smallest absolute Gasteiger partial charge is 0.321 e. The van der Waals surface area contributed by atoms with Crippen molar-refractivity contribution in [2.75, 3.05) is 5.32 Å². The van der Waals surface area contributed by atoms with Gasteiger partial charge in [-0.05, 0) is 52.2 Å². The van der Waals surface area contributed by atoms with Gasteiger partial charge in [0.2, 0.25) is 0 Å². The van der Waals surface area contributed by atoms with E-state index >= 15 is 0 Å². The van der Waals surface area contributed by atoms with Crippen LogP contribution in [0.3, 0.4) is 0 Å². The first kappa shape index (κ1) is 17.1. The van der Waals surface area contributed by atoms with Crippen LogP contribution >= 0.6 is 15.9 Å². The Kier molecular flexibility index (Phi) is 5.08. The Hall–Kier alpha value is -2.74. The van der Waals surface area contributed by atoms with Gasteiger partial charge >= 0.3 is 6.01 Å². The van der Waals surface area contributed by atoms with Crippen LogP contribution < -0.4 is 10.1 Å². The number of amides is 1. The highest BCUT2D eigenvalue weighted by atomic mass is 79.9. The number of ether oxygens (including phenoxy) is 1. The lowest BCUT2D eigenvalue weighted by Gasteiger charge is -2.06. The summed E-state index contributed by atoms with van der Waals surface area (Å²) in [5.41, 5.74) is 1.84. The summed E-state index contributed by atoms with van der Waals surface area (Å²) in [6.07, 6.45) is 3.20. The number of hydrogen-bond donors (Lipinski definition) is 2. The molecule has 1 amide bonds. The second kappa shape index (κ2) is 7.43. The number of hydrogen-bond acceptors (Lipinski definition) is 5. The molecule has 0 aliphatic heterocycles. The fraction of sp³-hybridized carbons (Fsp3) is 0.176. The van der Waals surface area contributed by atoms with Crippen LogP contribution in [0.1, 0.15) is 35.9 Å². The molecule has 0 aliphatic rings. The quantitative estimate of drug-likeness (QED) is 0.670. The zero-order valence-corrected chi connectivity index (χ0v) is 15.2. The van der Waals surface area contributed by atoms with Crippen LogP contribution in [0.5, 0.6) is 11.8 Å². The first-order valence-electron chi connectivity index (χ1n) is 7.64. The van der Waals surface area contributed by atoms with Crippen molar-refractivity contribution < 1.29 is 9.53 Å². The maximum atomic E-state index is 12.4. The third-order valence-electron chi connectivity index (χ3n) is 3.39. The number of benzene rings is 1. The lowest BCUT2D eigenvalue weighted by molar-refractivity contribution is 0.102. The molecule has 3 aromatic rings. The summed E-state index contributed by atoms with van der Waals surface area (Å²) in [6.45, 7) is 4.05. The third-order valence-corrected chi connectivity index (χ3v) is 4.19. The number of aromatic amines is 1. The van der Waals surface area contributed by atoms with E-state index in [-0.39, 0.29) is 17.8 Å². The first-order chi connectivity index (χ1) is 12.0. The largest absolute Gasteiger partial charge is 0.424 e. The average molecular weight is 402 g/mol. The zero-order valence-electron chi connectivity index (χ0n) is 13.7. The van der Waals surface area contributed by atoms with E-state index in [0.29, 0.717) is 21.6 Å². The number of aromatic nitrogens is 4. The maximum Gasteiger partial charge on any atom is 0.321 e. The van der Waals surface area contributed by atoms with E-state index in [4.69, 9.17) is 4.74 Å². The van der Waals surface area contributed by atoms with E-state index in [2.05, 4.69) is 41.4 Å². The van der Waals surface area contributed by atoms with Crippen LogP contribution in [0.15, 0.2) is 47.2 Å². The molecule has 0 saturated heterocycles. The monoisotopic (exact) mass is 401 g/mol. The van der Waals surface area contributed by atoms with E-state index in [1.807, 2.05) is 13.8 Å². The van der Waals surface area contributed by atoms with Gasteiger partial charge in [-0.1, -0.05) is 13.8 Å². The van der Waals surface area contributed by atoms with E-state index < -0.39 is 0 Å². The number of nitrogens with one attached hydrogen (secondary N) is 2.